The highest BCUT2D eigenvalue weighted by Crippen LogP contribution is 2.31. The van der Waals surface area contributed by atoms with E-state index in [-0.39, 0.29) is 12.1 Å². The molecule has 0 aliphatic rings. The maximum Gasteiger partial charge on any atom is 0.264 e. The van der Waals surface area contributed by atoms with Gasteiger partial charge in [0, 0.05) is 36.5 Å². The first-order chi connectivity index (χ1) is 12.6. The van der Waals surface area contributed by atoms with Gasteiger partial charge in [0.2, 0.25) is 0 Å². The molecule has 3 aromatic heterocycles. The normalized spacial score (nSPS) is 11.6. The Morgan fingerprint density at radius 3 is 2.65 bits per heavy atom. The summed E-state index contributed by atoms with van der Waals surface area (Å²) in [6.07, 6.45) is 4.37. The van der Waals surface area contributed by atoms with Crippen LogP contribution in [-0.2, 0) is 13.6 Å². The molecule has 1 aromatic carbocycles. The van der Waals surface area contributed by atoms with Crippen molar-refractivity contribution in [3.63, 3.8) is 0 Å². The average Bonchev–Trinajstić information content (AvgIpc) is 3.28. The van der Waals surface area contributed by atoms with Gasteiger partial charge in [0.1, 0.15) is 0 Å². The lowest BCUT2D eigenvalue weighted by Crippen LogP contribution is -2.03. The Balaban J connectivity index is 1.93. The number of nitrogens with zero attached hydrogens (tertiary/aromatic N) is 5. The van der Waals surface area contributed by atoms with Crippen molar-refractivity contribution in [2.75, 3.05) is 0 Å². The summed E-state index contributed by atoms with van der Waals surface area (Å²) in [5, 5.41) is 8.43. The summed E-state index contributed by atoms with van der Waals surface area (Å²) in [5.74, 6) is 0. The number of hydrogen-bond donors (Lipinski definition) is 1. The highest BCUT2D eigenvalue weighted by atomic mass is 19.3. The minimum Gasteiger partial charge on any atom is -0.326 e. The van der Waals surface area contributed by atoms with E-state index in [1.165, 1.54) is 6.07 Å². The standard InChI is InChI=1S/C18H16F2N6/c1-25-9-13(8-23-25)15-10-26-16(4-5-22-26)17(24-15)11-2-3-12(7-21)14(6-11)18(19)20/h2-6,8-10,18H,7,21H2,1H3. The van der Waals surface area contributed by atoms with E-state index in [1.54, 1.807) is 46.0 Å². The van der Waals surface area contributed by atoms with Gasteiger partial charge in [0.25, 0.3) is 6.43 Å². The van der Waals surface area contributed by atoms with Crippen molar-refractivity contribution < 1.29 is 8.78 Å². The van der Waals surface area contributed by atoms with E-state index < -0.39 is 6.43 Å². The van der Waals surface area contributed by atoms with Crippen LogP contribution in [0.4, 0.5) is 8.78 Å². The fourth-order valence-electron chi connectivity index (χ4n) is 2.96. The Hall–Kier alpha value is -3.13. The van der Waals surface area contributed by atoms with E-state index in [0.29, 0.717) is 22.5 Å². The zero-order chi connectivity index (χ0) is 18.3. The van der Waals surface area contributed by atoms with Crippen LogP contribution in [0.25, 0.3) is 28.0 Å². The molecule has 0 amide bonds. The number of benzene rings is 1. The van der Waals surface area contributed by atoms with E-state index in [2.05, 4.69) is 10.2 Å². The Labute approximate surface area is 147 Å². The Morgan fingerprint density at radius 2 is 1.96 bits per heavy atom. The topological polar surface area (TPSA) is 74.0 Å². The van der Waals surface area contributed by atoms with E-state index in [9.17, 15) is 8.78 Å². The van der Waals surface area contributed by atoms with Gasteiger partial charge in [-0.25, -0.2) is 18.3 Å². The maximum atomic E-state index is 13.4. The molecular formula is C18H16F2N6. The second kappa shape index (κ2) is 6.30. The first-order valence-corrected chi connectivity index (χ1v) is 8.01. The lowest BCUT2D eigenvalue weighted by molar-refractivity contribution is 0.150. The van der Waals surface area contributed by atoms with Gasteiger partial charge in [-0.2, -0.15) is 10.2 Å². The van der Waals surface area contributed by atoms with Gasteiger partial charge < -0.3 is 5.73 Å². The summed E-state index contributed by atoms with van der Waals surface area (Å²) in [5.41, 5.74) is 9.32. The summed E-state index contributed by atoms with van der Waals surface area (Å²) in [7, 11) is 1.82. The van der Waals surface area contributed by atoms with Crippen molar-refractivity contribution in [1.29, 1.82) is 0 Å². The van der Waals surface area contributed by atoms with Crippen LogP contribution in [0.1, 0.15) is 17.6 Å². The summed E-state index contributed by atoms with van der Waals surface area (Å²) in [6.45, 7) is 0.0607. The molecule has 26 heavy (non-hydrogen) atoms. The van der Waals surface area contributed by atoms with Gasteiger partial charge in [-0.15, -0.1) is 0 Å². The molecule has 4 rings (SSSR count). The molecule has 0 unspecified atom stereocenters. The number of hydrogen-bond acceptors (Lipinski definition) is 4. The Bertz CT molecular complexity index is 1080. The zero-order valence-electron chi connectivity index (χ0n) is 14.0. The number of alkyl halides is 2. The van der Waals surface area contributed by atoms with Crippen LogP contribution in [0.2, 0.25) is 0 Å². The van der Waals surface area contributed by atoms with Crippen molar-refractivity contribution in [3.8, 4) is 22.5 Å². The van der Waals surface area contributed by atoms with Crippen LogP contribution in [-0.4, -0.2) is 24.4 Å². The third-order valence-corrected chi connectivity index (χ3v) is 4.26. The van der Waals surface area contributed by atoms with Crippen LogP contribution >= 0.6 is 0 Å². The average molecular weight is 354 g/mol. The fraction of sp³-hybridized carbons (Fsp3) is 0.167. The van der Waals surface area contributed by atoms with E-state index in [4.69, 9.17) is 10.7 Å². The van der Waals surface area contributed by atoms with Gasteiger partial charge in [-0.3, -0.25) is 4.68 Å². The molecule has 8 heteroatoms. The smallest absolute Gasteiger partial charge is 0.264 e. The molecule has 2 N–H and O–H groups in total. The molecule has 0 spiro atoms. The molecule has 0 atom stereocenters. The number of halogens is 2. The Kier molecular flexibility index (Phi) is 3.96. The number of rotatable bonds is 4. The molecule has 0 radical (unpaired) electrons. The summed E-state index contributed by atoms with van der Waals surface area (Å²) in [4.78, 5) is 4.69. The van der Waals surface area contributed by atoms with Crippen molar-refractivity contribution in [2.24, 2.45) is 12.8 Å². The first-order valence-electron chi connectivity index (χ1n) is 8.01. The molecule has 0 saturated carbocycles. The first kappa shape index (κ1) is 16.3. The van der Waals surface area contributed by atoms with Crippen molar-refractivity contribution >= 4 is 5.52 Å². The van der Waals surface area contributed by atoms with Gasteiger partial charge >= 0.3 is 0 Å². The minimum atomic E-state index is -2.60. The number of fused-ring (bicyclic) bond motifs is 1. The van der Waals surface area contributed by atoms with E-state index in [0.717, 1.165) is 11.1 Å². The number of nitrogens with two attached hydrogens (primary N) is 1. The molecular weight excluding hydrogens is 338 g/mol. The second-order valence-electron chi connectivity index (χ2n) is 5.96. The van der Waals surface area contributed by atoms with Gasteiger partial charge in [-0.1, -0.05) is 12.1 Å². The third-order valence-electron chi connectivity index (χ3n) is 4.26. The lowest BCUT2D eigenvalue weighted by Gasteiger charge is -2.11. The summed E-state index contributed by atoms with van der Waals surface area (Å²) < 4.78 is 30.2. The minimum absolute atomic E-state index is 0.0607. The van der Waals surface area contributed by atoms with Crippen LogP contribution in [0.5, 0.6) is 0 Å². The molecule has 4 aromatic rings. The zero-order valence-corrected chi connectivity index (χ0v) is 14.0. The molecule has 0 bridgehead atoms. The highest BCUT2D eigenvalue weighted by molar-refractivity contribution is 5.79. The molecule has 0 aliphatic carbocycles. The highest BCUT2D eigenvalue weighted by Gasteiger charge is 2.17. The predicted octanol–water partition coefficient (Wildman–Crippen LogP) is 3.19. The van der Waals surface area contributed by atoms with E-state index >= 15 is 0 Å². The Morgan fingerprint density at radius 1 is 1.12 bits per heavy atom. The summed E-state index contributed by atoms with van der Waals surface area (Å²) in [6, 6.07) is 6.64. The molecule has 6 nitrogen and oxygen atoms in total. The molecule has 0 aliphatic heterocycles. The van der Waals surface area contributed by atoms with Crippen LogP contribution in [0, 0.1) is 0 Å². The maximum absolute atomic E-state index is 13.4. The predicted molar refractivity (Wildman–Crippen MR) is 93.5 cm³/mol. The van der Waals surface area contributed by atoms with Gasteiger partial charge in [0.15, 0.2) is 0 Å². The van der Waals surface area contributed by atoms with Crippen molar-refractivity contribution in [1.82, 2.24) is 24.4 Å². The monoisotopic (exact) mass is 354 g/mol. The quantitative estimate of drug-likeness (QED) is 0.611. The van der Waals surface area contributed by atoms with Crippen LogP contribution in [0.3, 0.4) is 0 Å². The van der Waals surface area contributed by atoms with Crippen LogP contribution < -0.4 is 5.73 Å². The summed E-state index contributed by atoms with van der Waals surface area (Å²) >= 11 is 0. The molecule has 0 saturated heterocycles. The van der Waals surface area contributed by atoms with Crippen molar-refractivity contribution in [2.45, 2.75) is 13.0 Å². The molecule has 132 valence electrons. The second-order valence-corrected chi connectivity index (χ2v) is 5.96. The third kappa shape index (κ3) is 2.74. The van der Waals surface area contributed by atoms with Crippen molar-refractivity contribution in [3.05, 3.63) is 60.2 Å². The lowest BCUT2D eigenvalue weighted by atomic mass is 10.0. The SMILES string of the molecule is Cn1cc(-c2cn3nccc3c(-c3ccc(CN)c(C(F)F)c3)n2)cn1. The fourth-order valence-corrected chi connectivity index (χ4v) is 2.96. The van der Waals surface area contributed by atoms with Gasteiger partial charge in [-0.05, 0) is 17.7 Å². The van der Waals surface area contributed by atoms with Crippen LogP contribution in [0.15, 0.2) is 49.1 Å². The number of aromatic nitrogens is 5. The van der Waals surface area contributed by atoms with E-state index in [1.807, 2.05) is 13.2 Å². The largest absolute Gasteiger partial charge is 0.326 e. The molecule has 3 heterocycles. The van der Waals surface area contributed by atoms with Gasteiger partial charge in [0.05, 0.1) is 35.5 Å². The molecule has 0 fully saturated rings. The number of aryl methyl sites for hydroxylation is 1.